The lowest BCUT2D eigenvalue weighted by Gasteiger charge is -2.15. The van der Waals surface area contributed by atoms with Crippen LogP contribution in [0.5, 0.6) is 0 Å². The van der Waals surface area contributed by atoms with Crippen molar-refractivity contribution in [3.63, 3.8) is 0 Å². The predicted octanol–water partition coefficient (Wildman–Crippen LogP) is 4.08. The highest BCUT2D eigenvalue weighted by Crippen LogP contribution is 2.69. The van der Waals surface area contributed by atoms with Crippen LogP contribution in [0.15, 0.2) is 48.5 Å². The molecule has 2 aliphatic rings. The molecular formula is C20H20N4O13P4. The third-order valence-electron chi connectivity index (χ3n) is 4.67. The maximum Gasteiger partial charge on any atom is 0.490 e. The predicted molar refractivity (Wildman–Crippen MR) is 146 cm³/mol. The van der Waals surface area contributed by atoms with Gasteiger partial charge in [0.1, 0.15) is 0 Å². The lowest BCUT2D eigenvalue weighted by atomic mass is 10.3. The van der Waals surface area contributed by atoms with E-state index in [2.05, 4.69) is 57.1 Å². The summed E-state index contributed by atoms with van der Waals surface area (Å²) in [5.41, 5.74) is 7.86. The van der Waals surface area contributed by atoms with Gasteiger partial charge in [0, 0.05) is 22.1 Å². The minimum absolute atomic E-state index is 0.939. The van der Waals surface area contributed by atoms with Gasteiger partial charge in [-0.1, -0.05) is 0 Å². The minimum atomic E-state index is -5.77. The van der Waals surface area contributed by atoms with Gasteiger partial charge in [0.15, 0.2) is 0 Å². The third-order valence-corrected chi connectivity index (χ3v) is 9.67. The Hall–Kier alpha value is -2.84. The van der Waals surface area contributed by atoms with Crippen molar-refractivity contribution in [2.45, 2.75) is 0 Å². The monoisotopic (exact) mass is 648 g/mol. The highest BCUT2D eigenvalue weighted by molar-refractivity contribution is 7.69. The van der Waals surface area contributed by atoms with Gasteiger partial charge in [0.05, 0.1) is 22.8 Å². The SMILES string of the molecule is C1=Cc2cc3ccc(cc4nc(cc5ccc(cc1n2)[nH]5)C=C4)[nH]3.O=P(O)(O)OP(=O)(O)OP(=O)(O)OP(=O)(O)O. The van der Waals surface area contributed by atoms with E-state index in [1.807, 2.05) is 48.6 Å². The lowest BCUT2D eigenvalue weighted by Crippen LogP contribution is -1.95. The lowest BCUT2D eigenvalue weighted by molar-refractivity contribution is 0.194. The van der Waals surface area contributed by atoms with E-state index >= 15 is 0 Å². The normalized spacial score (nSPS) is 16.0. The molecule has 218 valence electrons. The molecule has 0 aromatic carbocycles. The van der Waals surface area contributed by atoms with Crippen molar-refractivity contribution < 1.29 is 60.6 Å². The Kier molecular flexibility index (Phi) is 8.95. The Balaban J connectivity index is 0.000000204. The molecule has 8 bridgehead atoms. The minimum Gasteiger partial charge on any atom is -0.355 e. The van der Waals surface area contributed by atoms with Gasteiger partial charge in [-0.05, 0) is 72.8 Å². The number of fused-ring (bicyclic) bond motifs is 8. The largest absolute Gasteiger partial charge is 0.490 e. The molecule has 21 heteroatoms. The molecule has 41 heavy (non-hydrogen) atoms. The fourth-order valence-electron chi connectivity index (χ4n) is 3.37. The number of aromatic amines is 2. The Morgan fingerprint density at radius 3 is 1.00 bits per heavy atom. The maximum absolute atomic E-state index is 10.7. The smallest absolute Gasteiger partial charge is 0.355 e. The van der Waals surface area contributed by atoms with Gasteiger partial charge in [-0.3, -0.25) is 0 Å². The Bertz CT molecular complexity index is 1670. The molecule has 0 amide bonds. The van der Waals surface area contributed by atoms with E-state index in [1.165, 1.54) is 0 Å². The summed E-state index contributed by atoms with van der Waals surface area (Å²) in [5, 5.41) is 0. The highest BCUT2D eigenvalue weighted by atomic mass is 31.3. The fourth-order valence-corrected chi connectivity index (χ4v) is 7.34. The van der Waals surface area contributed by atoms with Crippen LogP contribution in [0.2, 0.25) is 0 Å². The van der Waals surface area contributed by atoms with Gasteiger partial charge in [-0.15, -0.1) is 0 Å². The molecule has 0 fully saturated rings. The van der Waals surface area contributed by atoms with Crippen LogP contribution >= 0.6 is 31.3 Å². The second-order valence-corrected chi connectivity index (χ2v) is 13.9. The average Bonchev–Trinajstić information content (AvgIpc) is 3.55. The van der Waals surface area contributed by atoms with Crippen molar-refractivity contribution in [3.05, 3.63) is 71.3 Å². The first-order valence-electron chi connectivity index (χ1n) is 10.9. The van der Waals surface area contributed by atoms with Gasteiger partial charge < -0.3 is 39.3 Å². The first kappa shape index (κ1) is 31.1. The number of hydrogen-bond acceptors (Lipinski definition) is 9. The molecule has 0 saturated heterocycles. The summed E-state index contributed by atoms with van der Waals surface area (Å²) in [7, 11) is -22.6. The van der Waals surface area contributed by atoms with E-state index in [0.717, 1.165) is 44.8 Å². The molecule has 3 aromatic heterocycles. The molecule has 0 spiro atoms. The van der Waals surface area contributed by atoms with Gasteiger partial charge in [-0.25, -0.2) is 28.2 Å². The van der Waals surface area contributed by atoms with Crippen LogP contribution in [0.25, 0.3) is 46.4 Å². The summed E-state index contributed by atoms with van der Waals surface area (Å²) >= 11 is 0. The molecule has 0 aliphatic carbocycles. The molecule has 5 rings (SSSR count). The summed E-state index contributed by atoms with van der Waals surface area (Å²) in [6, 6.07) is 16.4. The Morgan fingerprint density at radius 2 is 0.756 bits per heavy atom. The van der Waals surface area contributed by atoms with Crippen molar-refractivity contribution in [2.24, 2.45) is 0 Å². The van der Waals surface area contributed by atoms with E-state index in [9.17, 15) is 18.3 Å². The van der Waals surface area contributed by atoms with Crippen LogP contribution in [-0.2, 0) is 31.2 Å². The Labute approximate surface area is 229 Å². The standard InChI is InChI=1S/C20H14N4.H6O13P4/c1-2-14-10-16-5-6-18(23-16)12-20-8-7-19(24-20)11-17-4-3-15(22-17)9-13(1)21-14;1-14(2,3)11-16(7,8)13-17(9,10)12-15(4,5)6/h1-12,21,24H;(H,7,8)(H,9,10)(H2,1,2,3)(H2,4,5,6). The van der Waals surface area contributed by atoms with Crippen LogP contribution in [0.3, 0.4) is 0 Å². The van der Waals surface area contributed by atoms with Crippen LogP contribution < -0.4 is 0 Å². The molecule has 0 saturated carbocycles. The van der Waals surface area contributed by atoms with E-state index in [4.69, 9.17) is 29.4 Å². The van der Waals surface area contributed by atoms with Crippen molar-refractivity contribution in [1.29, 1.82) is 0 Å². The van der Waals surface area contributed by atoms with Gasteiger partial charge in [-0.2, -0.15) is 12.9 Å². The molecule has 2 unspecified atom stereocenters. The van der Waals surface area contributed by atoms with Crippen LogP contribution in [0, 0.1) is 0 Å². The molecule has 2 aliphatic heterocycles. The molecule has 0 radical (unpaired) electrons. The number of H-pyrrole nitrogens is 2. The zero-order chi connectivity index (χ0) is 30.1. The number of nitrogens with zero attached hydrogens (tertiary/aromatic N) is 2. The van der Waals surface area contributed by atoms with Gasteiger partial charge in [0.25, 0.3) is 0 Å². The van der Waals surface area contributed by atoms with E-state index < -0.39 is 31.3 Å². The topological polar surface area (TPSA) is 275 Å². The average molecular weight is 648 g/mol. The second kappa shape index (κ2) is 11.8. The Morgan fingerprint density at radius 1 is 0.488 bits per heavy atom. The van der Waals surface area contributed by atoms with Crippen LogP contribution in [0.4, 0.5) is 0 Å². The van der Waals surface area contributed by atoms with E-state index in [1.54, 1.807) is 0 Å². The zero-order valence-electron chi connectivity index (χ0n) is 20.2. The first-order chi connectivity index (χ1) is 18.9. The number of rotatable bonds is 6. The number of hydrogen-bond donors (Lipinski definition) is 8. The number of phosphoric acid groups is 4. The van der Waals surface area contributed by atoms with Crippen LogP contribution in [-0.4, -0.2) is 49.3 Å². The van der Waals surface area contributed by atoms with Crippen molar-refractivity contribution >= 4 is 77.7 Å². The number of nitrogens with one attached hydrogen (secondary N) is 2. The zero-order valence-corrected chi connectivity index (χ0v) is 23.7. The maximum atomic E-state index is 10.7. The summed E-state index contributed by atoms with van der Waals surface area (Å²) in [5.74, 6) is 0. The third kappa shape index (κ3) is 10.2. The summed E-state index contributed by atoms with van der Waals surface area (Å²) in [6.45, 7) is 0. The fraction of sp³-hybridized carbons (Fsp3) is 0. The van der Waals surface area contributed by atoms with Gasteiger partial charge >= 0.3 is 31.3 Å². The van der Waals surface area contributed by atoms with Crippen molar-refractivity contribution in [3.8, 4) is 0 Å². The summed E-state index contributed by atoms with van der Waals surface area (Å²) in [4.78, 5) is 65.5. The first-order valence-corrected chi connectivity index (χ1v) is 16.9. The van der Waals surface area contributed by atoms with E-state index in [0.29, 0.717) is 0 Å². The molecule has 3 aromatic rings. The molecule has 17 nitrogen and oxygen atoms in total. The van der Waals surface area contributed by atoms with E-state index in [-0.39, 0.29) is 0 Å². The van der Waals surface area contributed by atoms with Crippen molar-refractivity contribution in [2.75, 3.05) is 0 Å². The van der Waals surface area contributed by atoms with Crippen molar-refractivity contribution in [1.82, 2.24) is 19.9 Å². The second-order valence-electron chi connectivity index (χ2n) is 8.07. The highest BCUT2D eigenvalue weighted by Gasteiger charge is 2.43. The van der Waals surface area contributed by atoms with Crippen LogP contribution in [0.1, 0.15) is 22.8 Å². The molecular weight excluding hydrogens is 628 g/mol. The quantitative estimate of drug-likeness (QED) is 0.120. The van der Waals surface area contributed by atoms with Gasteiger partial charge in [0.2, 0.25) is 0 Å². The summed E-state index contributed by atoms with van der Waals surface area (Å²) in [6.07, 6.45) is 8.09. The molecule has 2 atom stereocenters. The molecule has 5 heterocycles. The summed E-state index contributed by atoms with van der Waals surface area (Å²) < 4.78 is 50.9. The number of aromatic nitrogens is 4. The molecule has 8 N–H and O–H groups in total.